The Labute approximate surface area is 70.5 Å². The molecule has 0 fully saturated rings. The van der Waals surface area contributed by atoms with Crippen LogP contribution < -0.4 is 0 Å². The summed E-state index contributed by atoms with van der Waals surface area (Å²) in [6, 6.07) is -0.951. The van der Waals surface area contributed by atoms with E-state index in [4.69, 9.17) is 5.11 Å². The summed E-state index contributed by atoms with van der Waals surface area (Å²) < 4.78 is 0. The van der Waals surface area contributed by atoms with Crippen LogP contribution in [-0.4, -0.2) is 22.0 Å². The molecule has 0 bridgehead atoms. The minimum absolute atomic E-state index is 0.184. The quantitative estimate of drug-likeness (QED) is 0.502. The van der Waals surface area contributed by atoms with E-state index in [1.54, 1.807) is 6.92 Å². The van der Waals surface area contributed by atoms with E-state index in [2.05, 4.69) is 0 Å². The Bertz CT molecular complexity index is 180. The zero-order valence-electron chi connectivity index (χ0n) is 7.19. The molecule has 0 aromatic rings. The van der Waals surface area contributed by atoms with E-state index in [0.717, 1.165) is 0 Å². The monoisotopic (exact) mass is 175 g/mol. The maximum absolute atomic E-state index is 10.4. The number of aliphatic carboxylic acids is 1. The predicted octanol–water partition coefficient (Wildman–Crippen LogP) is 1.15. The third-order valence-corrected chi connectivity index (χ3v) is 1.96. The molecular weight excluding hydrogens is 162 g/mol. The lowest BCUT2D eigenvalue weighted by Gasteiger charge is -2.12. The first-order chi connectivity index (χ1) is 5.49. The van der Waals surface area contributed by atoms with E-state index in [9.17, 15) is 14.9 Å². The van der Waals surface area contributed by atoms with Gasteiger partial charge in [-0.15, -0.1) is 0 Å². The fourth-order valence-electron chi connectivity index (χ4n) is 0.934. The number of carboxylic acid groups (broad SMARTS) is 1. The molecule has 0 spiro atoms. The van der Waals surface area contributed by atoms with E-state index in [0.29, 0.717) is 6.42 Å². The first-order valence-electron chi connectivity index (χ1n) is 3.84. The lowest BCUT2D eigenvalue weighted by atomic mass is 9.97. The minimum atomic E-state index is -1.11. The predicted molar refractivity (Wildman–Crippen MR) is 42.5 cm³/mol. The summed E-state index contributed by atoms with van der Waals surface area (Å²) in [5.74, 6) is -1.30. The summed E-state index contributed by atoms with van der Waals surface area (Å²) in [5, 5.41) is 18.8. The molecule has 5 nitrogen and oxygen atoms in total. The molecule has 0 heterocycles. The average molecular weight is 175 g/mol. The van der Waals surface area contributed by atoms with Crippen LogP contribution in [0.3, 0.4) is 0 Å². The molecule has 2 atom stereocenters. The molecule has 0 aliphatic rings. The molecule has 0 saturated heterocycles. The molecule has 0 rings (SSSR count). The van der Waals surface area contributed by atoms with Gasteiger partial charge in [0.15, 0.2) is 0 Å². The van der Waals surface area contributed by atoms with Crippen molar-refractivity contribution >= 4 is 5.97 Å². The maximum atomic E-state index is 10.4. The molecule has 0 saturated carbocycles. The topological polar surface area (TPSA) is 80.4 Å². The molecule has 0 aliphatic carbocycles. The highest BCUT2D eigenvalue weighted by molar-refractivity contribution is 5.67. The van der Waals surface area contributed by atoms with Gasteiger partial charge >= 0.3 is 5.97 Å². The fraction of sp³-hybridized carbons (Fsp3) is 0.857. The lowest BCUT2D eigenvalue weighted by molar-refractivity contribution is -0.530. The Morgan fingerprint density at radius 3 is 2.42 bits per heavy atom. The van der Waals surface area contributed by atoms with Crippen LogP contribution in [0.25, 0.3) is 0 Å². The van der Waals surface area contributed by atoms with Crippen LogP contribution in [0.4, 0.5) is 0 Å². The van der Waals surface area contributed by atoms with E-state index in [1.807, 2.05) is 6.92 Å². The highest BCUT2D eigenvalue weighted by Gasteiger charge is 2.29. The van der Waals surface area contributed by atoms with Crippen molar-refractivity contribution in [2.45, 2.75) is 32.7 Å². The van der Waals surface area contributed by atoms with Crippen molar-refractivity contribution in [3.63, 3.8) is 0 Å². The van der Waals surface area contributed by atoms with Gasteiger partial charge in [-0.1, -0.05) is 13.8 Å². The summed E-state index contributed by atoms with van der Waals surface area (Å²) in [7, 11) is 0. The Morgan fingerprint density at radius 1 is 1.67 bits per heavy atom. The van der Waals surface area contributed by atoms with Crippen molar-refractivity contribution < 1.29 is 14.8 Å². The molecule has 5 heteroatoms. The van der Waals surface area contributed by atoms with Gasteiger partial charge in [0.05, 0.1) is 0 Å². The number of carbonyl (C=O) groups is 1. The van der Waals surface area contributed by atoms with Crippen LogP contribution in [0.1, 0.15) is 26.7 Å². The van der Waals surface area contributed by atoms with Gasteiger partial charge in [0, 0.05) is 10.8 Å². The third kappa shape index (κ3) is 3.32. The van der Waals surface area contributed by atoms with Crippen LogP contribution >= 0.6 is 0 Å². The molecule has 0 aromatic carbocycles. The number of nitrogens with zero attached hydrogens (tertiary/aromatic N) is 1. The molecular formula is C7H13NO4. The Balaban J connectivity index is 4.22. The molecule has 2 unspecified atom stereocenters. The third-order valence-electron chi connectivity index (χ3n) is 1.96. The normalized spacial score (nSPS) is 15.2. The van der Waals surface area contributed by atoms with Gasteiger partial charge in [-0.3, -0.25) is 14.9 Å². The van der Waals surface area contributed by atoms with Crippen molar-refractivity contribution in [3.05, 3.63) is 10.1 Å². The van der Waals surface area contributed by atoms with E-state index in [1.165, 1.54) is 0 Å². The second-order valence-corrected chi connectivity index (χ2v) is 2.84. The maximum Gasteiger partial charge on any atom is 0.310 e. The number of nitro groups is 1. The first-order valence-corrected chi connectivity index (χ1v) is 3.84. The molecule has 70 valence electrons. The fourth-order valence-corrected chi connectivity index (χ4v) is 0.934. The summed E-state index contributed by atoms with van der Waals surface area (Å²) in [4.78, 5) is 20.1. The summed E-state index contributed by atoms with van der Waals surface area (Å²) >= 11 is 0. The molecule has 1 N–H and O–H groups in total. The average Bonchev–Trinajstić information content (AvgIpc) is 1.98. The molecule has 0 aromatic heterocycles. The summed E-state index contributed by atoms with van der Waals surface area (Å²) in [5.41, 5.74) is 0. The lowest BCUT2D eigenvalue weighted by Crippen LogP contribution is -2.29. The van der Waals surface area contributed by atoms with Gasteiger partial charge in [-0.25, -0.2) is 0 Å². The molecule has 0 aliphatic heterocycles. The summed E-state index contributed by atoms with van der Waals surface area (Å²) in [6.07, 6.45) is 0.237. The first kappa shape index (κ1) is 10.9. The minimum Gasteiger partial charge on any atom is -0.481 e. The van der Waals surface area contributed by atoms with Gasteiger partial charge in [0.25, 0.3) is 0 Å². The molecule has 0 radical (unpaired) electrons. The van der Waals surface area contributed by atoms with Crippen LogP contribution in [0.5, 0.6) is 0 Å². The second kappa shape index (κ2) is 4.69. The van der Waals surface area contributed by atoms with Crippen LogP contribution in [-0.2, 0) is 4.79 Å². The SMILES string of the molecule is CCC(C)C(CC(=O)O)[N+](=O)[O-]. The van der Waals surface area contributed by atoms with E-state index < -0.39 is 16.9 Å². The van der Waals surface area contributed by atoms with Crippen LogP contribution in [0.15, 0.2) is 0 Å². The van der Waals surface area contributed by atoms with Gasteiger partial charge in [-0.2, -0.15) is 0 Å². The van der Waals surface area contributed by atoms with Crippen molar-refractivity contribution in [3.8, 4) is 0 Å². The standard InChI is InChI=1S/C7H13NO4/c1-3-5(2)6(8(11)12)4-7(9)10/h5-6H,3-4H2,1-2H3,(H,9,10). The Hall–Kier alpha value is -1.13. The van der Waals surface area contributed by atoms with Crippen LogP contribution in [0, 0.1) is 16.0 Å². The van der Waals surface area contributed by atoms with Crippen molar-refractivity contribution in [1.29, 1.82) is 0 Å². The zero-order valence-corrected chi connectivity index (χ0v) is 7.19. The van der Waals surface area contributed by atoms with E-state index >= 15 is 0 Å². The number of hydrogen-bond acceptors (Lipinski definition) is 3. The summed E-state index contributed by atoms with van der Waals surface area (Å²) in [6.45, 7) is 3.50. The Kier molecular flexibility index (Phi) is 4.25. The van der Waals surface area contributed by atoms with Gasteiger partial charge in [0.2, 0.25) is 6.04 Å². The van der Waals surface area contributed by atoms with Crippen molar-refractivity contribution in [2.24, 2.45) is 5.92 Å². The zero-order chi connectivity index (χ0) is 9.72. The highest BCUT2D eigenvalue weighted by atomic mass is 16.6. The largest absolute Gasteiger partial charge is 0.481 e. The van der Waals surface area contributed by atoms with E-state index in [-0.39, 0.29) is 12.3 Å². The smallest absolute Gasteiger partial charge is 0.310 e. The number of hydrogen-bond donors (Lipinski definition) is 1. The number of carboxylic acids is 1. The molecule has 12 heavy (non-hydrogen) atoms. The second-order valence-electron chi connectivity index (χ2n) is 2.84. The van der Waals surface area contributed by atoms with Gasteiger partial charge < -0.3 is 5.11 Å². The van der Waals surface area contributed by atoms with Gasteiger partial charge in [-0.05, 0) is 6.42 Å². The van der Waals surface area contributed by atoms with Gasteiger partial charge in [0.1, 0.15) is 6.42 Å². The number of rotatable bonds is 5. The highest BCUT2D eigenvalue weighted by Crippen LogP contribution is 2.13. The van der Waals surface area contributed by atoms with Crippen LogP contribution in [0.2, 0.25) is 0 Å². The van der Waals surface area contributed by atoms with Crippen molar-refractivity contribution in [2.75, 3.05) is 0 Å². The van der Waals surface area contributed by atoms with Crippen molar-refractivity contribution in [1.82, 2.24) is 0 Å². The molecule has 0 amide bonds. The Morgan fingerprint density at radius 2 is 2.17 bits per heavy atom.